The average Bonchev–Trinajstić information content (AvgIpc) is 2.92. The highest BCUT2D eigenvalue weighted by molar-refractivity contribution is 8.19. The second-order valence-electron chi connectivity index (χ2n) is 5.64. The van der Waals surface area contributed by atoms with Crippen LogP contribution in [0.2, 0.25) is 5.02 Å². The Morgan fingerprint density at radius 2 is 1.86 bits per heavy atom. The van der Waals surface area contributed by atoms with E-state index in [2.05, 4.69) is 11.0 Å². The maximum atomic E-state index is 13.9. The molecular formula is C19H14ClFN2O3S2. The quantitative estimate of drug-likeness (QED) is 0.517. The molecule has 1 saturated heterocycles. The largest absolute Gasteiger partial charge is 0.284 e. The first-order chi connectivity index (χ1) is 13.3. The molecule has 1 fully saturated rings. The van der Waals surface area contributed by atoms with E-state index in [1.807, 2.05) is 0 Å². The summed E-state index contributed by atoms with van der Waals surface area (Å²) < 4.78 is 42.9. The van der Waals surface area contributed by atoms with Crippen LogP contribution in [0.1, 0.15) is 5.56 Å². The molecule has 0 atom stereocenters. The van der Waals surface area contributed by atoms with Gasteiger partial charge in [0.05, 0.1) is 9.80 Å². The Bertz CT molecular complexity index is 1100. The molecule has 28 heavy (non-hydrogen) atoms. The number of carbonyl (C=O) groups is 1. The molecule has 0 N–H and O–H groups in total. The number of sulfonamides is 1. The zero-order valence-corrected chi connectivity index (χ0v) is 16.8. The third-order valence-electron chi connectivity index (χ3n) is 3.70. The van der Waals surface area contributed by atoms with Crippen LogP contribution in [0.15, 0.2) is 75.4 Å². The molecule has 1 heterocycles. The van der Waals surface area contributed by atoms with Crippen LogP contribution in [-0.4, -0.2) is 30.9 Å². The van der Waals surface area contributed by atoms with Crippen molar-refractivity contribution in [1.29, 1.82) is 0 Å². The SMILES string of the molecule is C=CCN1C(=O)/C(=C/c2ccccc2F)SC1=NS(=O)(=O)c1ccc(Cl)cc1. The average molecular weight is 437 g/mol. The summed E-state index contributed by atoms with van der Waals surface area (Å²) in [6.07, 6.45) is 2.82. The molecule has 1 amide bonds. The first kappa shape index (κ1) is 20.3. The van der Waals surface area contributed by atoms with Crippen LogP contribution in [0.5, 0.6) is 0 Å². The molecule has 1 aliphatic rings. The highest BCUT2D eigenvalue weighted by atomic mass is 35.5. The van der Waals surface area contributed by atoms with Gasteiger partial charge in [0.2, 0.25) is 0 Å². The molecule has 0 saturated carbocycles. The van der Waals surface area contributed by atoms with Crippen LogP contribution in [0, 0.1) is 5.82 Å². The normalized spacial score (nSPS) is 17.5. The minimum Gasteiger partial charge on any atom is -0.282 e. The number of amidine groups is 1. The standard InChI is InChI=1S/C19H14ClFN2O3S2/c1-2-11-23-18(24)17(12-13-5-3-4-6-16(13)21)27-19(23)22-28(25,26)15-9-7-14(20)8-10-15/h2-10,12H,1,11H2/b17-12-,22-19?. The van der Waals surface area contributed by atoms with Gasteiger partial charge in [0, 0.05) is 17.1 Å². The molecule has 0 bridgehead atoms. The smallest absolute Gasteiger partial charge is 0.282 e. The number of nitrogens with zero attached hydrogens (tertiary/aromatic N) is 2. The number of benzene rings is 2. The monoisotopic (exact) mass is 436 g/mol. The predicted molar refractivity (Wildman–Crippen MR) is 110 cm³/mol. The van der Waals surface area contributed by atoms with Crippen molar-refractivity contribution in [2.24, 2.45) is 4.40 Å². The van der Waals surface area contributed by atoms with Crippen LogP contribution in [-0.2, 0) is 14.8 Å². The molecule has 0 radical (unpaired) electrons. The van der Waals surface area contributed by atoms with E-state index in [9.17, 15) is 17.6 Å². The summed E-state index contributed by atoms with van der Waals surface area (Å²) in [6.45, 7) is 3.64. The molecule has 0 unspecified atom stereocenters. The van der Waals surface area contributed by atoms with Gasteiger partial charge in [-0.05, 0) is 48.2 Å². The van der Waals surface area contributed by atoms with Crippen LogP contribution in [0.25, 0.3) is 6.08 Å². The van der Waals surface area contributed by atoms with Crippen LogP contribution < -0.4 is 0 Å². The van der Waals surface area contributed by atoms with Gasteiger partial charge in [-0.3, -0.25) is 9.69 Å². The molecule has 2 aromatic carbocycles. The Kier molecular flexibility index (Phi) is 6.02. The third kappa shape index (κ3) is 4.35. The van der Waals surface area contributed by atoms with E-state index in [-0.39, 0.29) is 27.1 Å². The Hall–Kier alpha value is -2.42. The fraction of sp³-hybridized carbons (Fsp3) is 0.0526. The summed E-state index contributed by atoms with van der Waals surface area (Å²) in [5, 5.41) is 0.364. The summed E-state index contributed by atoms with van der Waals surface area (Å²) in [5.74, 6) is -0.962. The second-order valence-corrected chi connectivity index (χ2v) is 8.69. The summed E-state index contributed by atoms with van der Waals surface area (Å²) >= 11 is 6.65. The van der Waals surface area contributed by atoms with Crippen LogP contribution in [0.3, 0.4) is 0 Å². The number of amides is 1. The lowest BCUT2D eigenvalue weighted by molar-refractivity contribution is -0.121. The van der Waals surface area contributed by atoms with Gasteiger partial charge in [0.1, 0.15) is 5.82 Å². The molecule has 0 aromatic heterocycles. The molecule has 1 aliphatic heterocycles. The van der Waals surface area contributed by atoms with Gasteiger partial charge in [-0.2, -0.15) is 8.42 Å². The van der Waals surface area contributed by atoms with Crippen molar-refractivity contribution in [3.05, 3.63) is 82.5 Å². The third-order valence-corrected chi connectivity index (χ3v) is 6.36. The number of rotatable bonds is 5. The first-order valence-electron chi connectivity index (χ1n) is 7.99. The highest BCUT2D eigenvalue weighted by Gasteiger charge is 2.34. The Morgan fingerprint density at radius 1 is 1.18 bits per heavy atom. The number of thioether (sulfide) groups is 1. The zero-order chi connectivity index (χ0) is 20.3. The molecule has 9 heteroatoms. The van der Waals surface area contributed by atoms with Crippen molar-refractivity contribution in [2.75, 3.05) is 6.54 Å². The zero-order valence-electron chi connectivity index (χ0n) is 14.4. The van der Waals surface area contributed by atoms with E-state index in [1.54, 1.807) is 6.07 Å². The number of carbonyl (C=O) groups excluding carboxylic acids is 1. The maximum absolute atomic E-state index is 13.9. The van der Waals surface area contributed by atoms with Crippen molar-refractivity contribution in [3.63, 3.8) is 0 Å². The van der Waals surface area contributed by atoms with Gasteiger partial charge in [-0.15, -0.1) is 11.0 Å². The van der Waals surface area contributed by atoms with Gasteiger partial charge in [-0.25, -0.2) is 4.39 Å². The van der Waals surface area contributed by atoms with Gasteiger partial charge in [-0.1, -0.05) is 35.9 Å². The lowest BCUT2D eigenvalue weighted by Crippen LogP contribution is -2.29. The van der Waals surface area contributed by atoms with Crippen molar-refractivity contribution in [1.82, 2.24) is 4.90 Å². The Balaban J connectivity index is 2.01. The molecular weight excluding hydrogens is 423 g/mol. The van der Waals surface area contributed by atoms with Crippen molar-refractivity contribution in [2.45, 2.75) is 4.90 Å². The van der Waals surface area contributed by atoms with Gasteiger partial charge < -0.3 is 0 Å². The van der Waals surface area contributed by atoms with Gasteiger partial charge in [0.15, 0.2) is 5.17 Å². The van der Waals surface area contributed by atoms with Crippen molar-refractivity contribution in [3.8, 4) is 0 Å². The minimum absolute atomic E-state index is 0.0255. The second kappa shape index (κ2) is 8.30. The fourth-order valence-corrected chi connectivity index (χ4v) is 4.67. The molecule has 3 rings (SSSR count). The lowest BCUT2D eigenvalue weighted by atomic mass is 10.2. The Morgan fingerprint density at radius 3 is 2.50 bits per heavy atom. The molecule has 0 spiro atoms. The van der Waals surface area contributed by atoms with Crippen molar-refractivity contribution < 1.29 is 17.6 Å². The van der Waals surface area contributed by atoms with Crippen molar-refractivity contribution >= 4 is 50.5 Å². The number of hydrogen-bond donors (Lipinski definition) is 0. The van der Waals surface area contributed by atoms with E-state index in [0.717, 1.165) is 11.8 Å². The van der Waals surface area contributed by atoms with Gasteiger partial charge in [0.25, 0.3) is 15.9 Å². The van der Waals surface area contributed by atoms with Crippen LogP contribution >= 0.6 is 23.4 Å². The van der Waals surface area contributed by atoms with E-state index in [1.165, 1.54) is 59.5 Å². The summed E-state index contributed by atoms with van der Waals surface area (Å²) in [6, 6.07) is 11.5. The lowest BCUT2D eigenvalue weighted by Gasteiger charge is -2.12. The van der Waals surface area contributed by atoms with E-state index in [0.29, 0.717) is 5.02 Å². The van der Waals surface area contributed by atoms with Gasteiger partial charge >= 0.3 is 0 Å². The molecule has 2 aromatic rings. The predicted octanol–water partition coefficient (Wildman–Crippen LogP) is 4.33. The molecule has 0 aliphatic carbocycles. The fourth-order valence-electron chi connectivity index (χ4n) is 2.36. The van der Waals surface area contributed by atoms with E-state index < -0.39 is 21.7 Å². The van der Waals surface area contributed by atoms with E-state index >= 15 is 0 Å². The summed E-state index contributed by atoms with van der Waals surface area (Å²) in [4.78, 5) is 14.0. The Labute approximate surface area is 171 Å². The highest BCUT2D eigenvalue weighted by Crippen LogP contribution is 2.34. The number of hydrogen-bond acceptors (Lipinski definition) is 4. The summed E-state index contributed by atoms with van der Waals surface area (Å²) in [5.41, 5.74) is 0.221. The topological polar surface area (TPSA) is 66.8 Å². The molecule has 144 valence electrons. The summed E-state index contributed by atoms with van der Waals surface area (Å²) in [7, 11) is -4.06. The maximum Gasteiger partial charge on any atom is 0.284 e. The van der Waals surface area contributed by atoms with Crippen LogP contribution in [0.4, 0.5) is 4.39 Å². The number of halogens is 2. The minimum atomic E-state index is -4.06. The molecule has 5 nitrogen and oxygen atoms in total. The first-order valence-corrected chi connectivity index (χ1v) is 10.6. The van der Waals surface area contributed by atoms with E-state index in [4.69, 9.17) is 11.6 Å².